The number of carbonyl (C=O) groups excluding carboxylic acids is 1. The molecule has 0 unspecified atom stereocenters. The van der Waals surface area contributed by atoms with Gasteiger partial charge in [0.1, 0.15) is 24.4 Å². The number of esters is 1. The lowest BCUT2D eigenvalue weighted by Gasteiger charge is -2.45. The molecule has 16 heteroatoms. The van der Waals surface area contributed by atoms with E-state index < -0.39 is 63.1 Å². The Morgan fingerprint density at radius 1 is 0.959 bits per heavy atom. The van der Waals surface area contributed by atoms with E-state index in [4.69, 9.17) is 27.5 Å². The quantitative estimate of drug-likeness (QED) is 0.0267. The summed E-state index contributed by atoms with van der Waals surface area (Å²) in [4.78, 5) is 23.1. The number of benzene rings is 1. The maximum absolute atomic E-state index is 14.3. The number of aryl methyl sites for hydroxylation is 1. The van der Waals surface area contributed by atoms with Crippen LogP contribution >= 0.6 is 11.3 Å². The van der Waals surface area contributed by atoms with Gasteiger partial charge in [-0.05, 0) is 115 Å². The molecular weight excluding hydrogens is 993 g/mol. The first-order valence-electron chi connectivity index (χ1n) is 26.3. The molecule has 0 bridgehead atoms. The molecule has 12 nitrogen and oxygen atoms in total. The predicted octanol–water partition coefficient (Wildman–Crippen LogP) is 14.2. The second kappa shape index (κ2) is 27.1. The fourth-order valence-corrected chi connectivity index (χ4v) is 19.9. The molecule has 0 aliphatic carbocycles. The van der Waals surface area contributed by atoms with Crippen LogP contribution in [-0.4, -0.2) is 96.3 Å². The van der Waals surface area contributed by atoms with E-state index in [0.29, 0.717) is 53.7 Å². The molecule has 4 rings (SSSR count). The normalized spacial score (nSPS) is 20.5. The van der Waals surface area contributed by atoms with Crippen LogP contribution in [0.15, 0.2) is 92.5 Å². The van der Waals surface area contributed by atoms with Crippen LogP contribution in [0.2, 0.25) is 34.8 Å². The van der Waals surface area contributed by atoms with Crippen LogP contribution in [0.5, 0.6) is 0 Å². The number of oxazole rings is 1. The Hall–Kier alpha value is -3.33. The summed E-state index contributed by atoms with van der Waals surface area (Å²) in [5, 5.41) is 10.1. The van der Waals surface area contributed by atoms with Gasteiger partial charge in [-0.3, -0.25) is 0 Å². The lowest BCUT2D eigenvalue weighted by molar-refractivity contribution is -0.179. The Morgan fingerprint density at radius 3 is 2.19 bits per heavy atom. The van der Waals surface area contributed by atoms with E-state index in [-0.39, 0.29) is 39.5 Å². The number of hydrogen-bond acceptors (Lipinski definition) is 13. The van der Waals surface area contributed by atoms with Crippen LogP contribution in [0, 0.1) is 24.7 Å². The smallest absolute Gasteiger partial charge is 0.330 e. The third kappa shape index (κ3) is 17.1. The monoisotopic (exact) mass is 1080 g/mol. The first-order chi connectivity index (χ1) is 34.0. The number of allylic oxidation sites excluding steroid dienone is 5. The van der Waals surface area contributed by atoms with E-state index in [1.807, 2.05) is 89.3 Å². The standard InChI is InChI=1S/C57H90N2O10S2Si2/c1-37(2)73(38(3)4,39(5)6)68-50(41(8)29-30-60)34-51(44(11)55(64-16)42(9)24-21-23-40(7)31-47-35-65-45(12)58-47)66-53(61)28-22-25-46-32-49(67-54(33-46)69-72(17,18)57(13,14)15)43(10)36-71(62,63)56-59-48-26-19-20-27-52(48)70-56/h19-24,26-29,31,35,37-39,43-44,46,49-51,54-55,60H,25,30,32-34,36H2,1-18H3/b23-21+,28-22+,40-31+,41-29+,42-24+/t43-,44+,46-,49-,50+,51+,54-,55+/m1/s1. The van der Waals surface area contributed by atoms with Crippen molar-refractivity contribution in [2.75, 3.05) is 19.5 Å². The van der Waals surface area contributed by atoms with Gasteiger partial charge in [0.05, 0.1) is 40.9 Å². The average molecular weight is 1080 g/mol. The lowest BCUT2D eigenvalue weighted by Crippen LogP contribution is -2.51. The summed E-state index contributed by atoms with van der Waals surface area (Å²) < 4.78 is 67.8. The molecule has 3 heterocycles. The first-order valence-corrected chi connectivity index (χ1v) is 33.8. The summed E-state index contributed by atoms with van der Waals surface area (Å²) in [6, 6.07) is 7.46. The summed E-state index contributed by atoms with van der Waals surface area (Å²) in [5.41, 5.74) is 5.17. The van der Waals surface area contributed by atoms with Crippen molar-refractivity contribution in [2.45, 2.75) is 199 Å². The van der Waals surface area contributed by atoms with Crippen molar-refractivity contribution in [2.24, 2.45) is 17.8 Å². The second-order valence-electron chi connectivity index (χ2n) is 22.9. The van der Waals surface area contributed by atoms with Gasteiger partial charge in [-0.2, -0.15) is 0 Å². The number of para-hydroxylation sites is 1. The van der Waals surface area contributed by atoms with E-state index in [1.165, 1.54) is 17.4 Å². The van der Waals surface area contributed by atoms with Crippen LogP contribution in [0.25, 0.3) is 16.3 Å². The Morgan fingerprint density at radius 2 is 1.62 bits per heavy atom. The van der Waals surface area contributed by atoms with E-state index in [2.05, 4.69) is 92.3 Å². The lowest BCUT2D eigenvalue weighted by atomic mass is 9.87. The van der Waals surface area contributed by atoms with Gasteiger partial charge >= 0.3 is 5.97 Å². The number of aliphatic hydroxyl groups is 1. The number of nitrogens with zero attached hydrogens (tertiary/aromatic N) is 2. The molecule has 408 valence electrons. The minimum atomic E-state index is -3.71. The van der Waals surface area contributed by atoms with Crippen molar-refractivity contribution in [1.29, 1.82) is 0 Å². The fourth-order valence-electron chi connectivity index (χ4n) is 10.2. The first kappa shape index (κ1) is 62.2. The molecule has 0 saturated carbocycles. The fraction of sp³-hybridized carbons (Fsp3) is 0.632. The van der Waals surface area contributed by atoms with Gasteiger partial charge in [-0.25, -0.2) is 23.2 Å². The maximum Gasteiger partial charge on any atom is 0.330 e. The highest BCUT2D eigenvalue weighted by molar-refractivity contribution is 7.93. The zero-order valence-corrected chi connectivity index (χ0v) is 51.0. The average Bonchev–Trinajstić information content (AvgIpc) is 3.92. The van der Waals surface area contributed by atoms with Crippen molar-refractivity contribution in [3.63, 3.8) is 0 Å². The molecule has 2 aromatic heterocycles. The predicted molar refractivity (Wildman–Crippen MR) is 303 cm³/mol. The summed E-state index contributed by atoms with van der Waals surface area (Å²) in [6.45, 7) is 36.1. The highest BCUT2D eigenvalue weighted by Gasteiger charge is 2.48. The van der Waals surface area contributed by atoms with Crippen molar-refractivity contribution < 1.29 is 45.8 Å². The number of rotatable bonds is 26. The SMILES string of the molecule is CO[C@@H](/C(C)=C/C=C/C(C)=C/c1coc(C)n1)[C@@H](C)[C@H](C[C@H](O[Si](C(C)C)(C(C)C)C(C)C)/C(C)=C/CO)OC(=O)/C=C/C[C@H]1C[C@@H](O[Si](C)(C)C(C)(C)C)O[C@@H]([C@H](C)CS(=O)(=O)c2nc3ccccc3s2)C1. The highest BCUT2D eigenvalue weighted by atomic mass is 32.2. The number of aromatic nitrogens is 2. The Kier molecular flexibility index (Phi) is 23.1. The number of ether oxygens (including phenoxy) is 3. The van der Waals surface area contributed by atoms with E-state index in [1.54, 1.807) is 19.4 Å². The third-order valence-corrected chi connectivity index (χ3v) is 29.2. The molecule has 1 aromatic carbocycles. The zero-order valence-electron chi connectivity index (χ0n) is 47.4. The molecule has 73 heavy (non-hydrogen) atoms. The number of carbonyl (C=O) groups is 1. The van der Waals surface area contributed by atoms with Crippen LogP contribution in [-0.2, 0) is 37.7 Å². The number of methoxy groups -OCH3 is 1. The minimum absolute atomic E-state index is 0.0439. The van der Waals surface area contributed by atoms with E-state index in [0.717, 1.165) is 27.1 Å². The van der Waals surface area contributed by atoms with Crippen molar-refractivity contribution in [1.82, 2.24) is 9.97 Å². The van der Waals surface area contributed by atoms with Gasteiger partial charge < -0.3 is 32.6 Å². The van der Waals surface area contributed by atoms with E-state index in [9.17, 15) is 18.3 Å². The summed E-state index contributed by atoms with van der Waals surface area (Å²) >= 11 is 1.20. The number of fused-ring (bicyclic) bond motifs is 1. The van der Waals surface area contributed by atoms with Gasteiger partial charge in [0, 0.05) is 38.9 Å². The molecule has 0 radical (unpaired) electrons. The summed E-state index contributed by atoms with van der Waals surface area (Å²) in [6.07, 6.45) is 14.5. The van der Waals surface area contributed by atoms with Gasteiger partial charge in [-0.1, -0.05) is 119 Å². The van der Waals surface area contributed by atoms with Crippen molar-refractivity contribution in [3.05, 3.63) is 95.3 Å². The van der Waals surface area contributed by atoms with Crippen LogP contribution in [0.4, 0.5) is 0 Å². The molecule has 1 aliphatic rings. The van der Waals surface area contributed by atoms with Crippen molar-refractivity contribution in [3.8, 4) is 0 Å². The Bertz CT molecular complexity index is 2460. The molecule has 1 N–H and O–H groups in total. The summed E-state index contributed by atoms with van der Waals surface area (Å²) in [7, 11) is -6.78. The second-order valence-corrected chi connectivity index (χ2v) is 36.3. The highest BCUT2D eigenvalue weighted by Crippen LogP contribution is 2.45. The van der Waals surface area contributed by atoms with Gasteiger partial charge in [0.15, 0.2) is 14.2 Å². The molecule has 0 amide bonds. The minimum Gasteiger partial charge on any atom is -0.459 e. The van der Waals surface area contributed by atoms with Crippen molar-refractivity contribution >= 4 is 60.1 Å². The van der Waals surface area contributed by atoms with Crippen LogP contribution in [0.1, 0.15) is 134 Å². The molecular formula is C57H90N2O10S2Si2. The third-order valence-electron chi connectivity index (χ3n) is 15.2. The zero-order chi connectivity index (χ0) is 54.6. The number of thiazole rings is 1. The van der Waals surface area contributed by atoms with Gasteiger partial charge in [0.25, 0.3) is 0 Å². The molecule has 1 fully saturated rings. The van der Waals surface area contributed by atoms with Crippen LogP contribution in [0.3, 0.4) is 0 Å². The largest absolute Gasteiger partial charge is 0.459 e. The maximum atomic E-state index is 14.3. The molecule has 1 aliphatic heterocycles. The van der Waals surface area contributed by atoms with Crippen LogP contribution < -0.4 is 0 Å². The number of sulfone groups is 1. The van der Waals surface area contributed by atoms with Gasteiger partial charge in [0.2, 0.25) is 22.5 Å². The number of hydrogen-bond donors (Lipinski definition) is 1. The Labute approximate surface area is 445 Å². The van der Waals surface area contributed by atoms with E-state index >= 15 is 0 Å². The molecule has 3 aromatic rings. The number of aliphatic hydroxyl groups excluding tert-OH is 1. The summed E-state index contributed by atoms with van der Waals surface area (Å²) in [5.74, 6) is -0.605. The Balaban J connectivity index is 1.65. The van der Waals surface area contributed by atoms with Gasteiger partial charge in [-0.15, -0.1) is 11.3 Å². The molecule has 8 atom stereocenters. The topological polar surface area (TPSA) is 157 Å². The molecule has 0 spiro atoms. The molecule has 1 saturated heterocycles.